The van der Waals surface area contributed by atoms with Gasteiger partial charge in [0.25, 0.3) is 5.91 Å². The van der Waals surface area contributed by atoms with Crippen LogP contribution in [0.15, 0.2) is 42.5 Å². The molecule has 41 heavy (non-hydrogen) atoms. The number of morpholine rings is 1. The number of para-hydroxylation sites is 1. The number of hydrogen-bond donors (Lipinski definition) is 0. The van der Waals surface area contributed by atoms with E-state index in [4.69, 9.17) is 42.7 Å². The number of carbonyl (C=O) groups is 2. The summed E-state index contributed by atoms with van der Waals surface area (Å²) in [5.41, 5.74) is 2.50. The highest BCUT2D eigenvalue weighted by atomic mass is 35.5. The maximum Gasteiger partial charge on any atom is 0.340 e. The Hall–Kier alpha value is -3.84. The minimum absolute atomic E-state index is 0.0657. The minimum Gasteiger partial charge on any atom is -0.472 e. The first-order chi connectivity index (χ1) is 19.8. The van der Waals surface area contributed by atoms with E-state index in [2.05, 4.69) is 4.90 Å². The summed E-state index contributed by atoms with van der Waals surface area (Å²) in [6, 6.07) is 13.1. The molecule has 3 heterocycles. The van der Waals surface area contributed by atoms with Gasteiger partial charge < -0.3 is 24.0 Å². The number of nitrogens with zero attached hydrogens (tertiary/aromatic N) is 3. The van der Waals surface area contributed by atoms with Crippen molar-refractivity contribution in [3.05, 3.63) is 80.6 Å². The normalized spacial score (nSPS) is 19.3. The van der Waals surface area contributed by atoms with Crippen molar-refractivity contribution < 1.29 is 28.2 Å². The molecule has 0 radical (unpaired) electrons. The van der Waals surface area contributed by atoms with Gasteiger partial charge in [-0.05, 0) is 37.1 Å². The molecule has 0 saturated carbocycles. The summed E-state index contributed by atoms with van der Waals surface area (Å²) in [7, 11) is 1.28. The number of ether oxygens (including phenoxy) is 3. The van der Waals surface area contributed by atoms with Crippen LogP contribution in [-0.2, 0) is 16.0 Å². The second-order valence-corrected chi connectivity index (χ2v) is 11.0. The van der Waals surface area contributed by atoms with Gasteiger partial charge >= 0.3 is 5.97 Å². The Balaban J connectivity index is 1.37. The molecule has 2 unspecified atom stereocenters. The van der Waals surface area contributed by atoms with Gasteiger partial charge in [-0.3, -0.25) is 4.79 Å². The maximum atomic E-state index is 15.7. The Bertz CT molecular complexity index is 1590. The van der Waals surface area contributed by atoms with Crippen molar-refractivity contribution in [2.75, 3.05) is 32.0 Å². The van der Waals surface area contributed by atoms with Crippen LogP contribution in [0.25, 0.3) is 11.1 Å². The van der Waals surface area contributed by atoms with Gasteiger partial charge in [-0.2, -0.15) is 5.26 Å². The summed E-state index contributed by atoms with van der Waals surface area (Å²) in [6.45, 7) is 1.10. The minimum atomic E-state index is -0.614. The molecule has 0 spiro atoms. The van der Waals surface area contributed by atoms with Crippen LogP contribution in [0, 0.1) is 17.1 Å². The van der Waals surface area contributed by atoms with Crippen molar-refractivity contribution in [2.24, 2.45) is 0 Å². The number of hydrogen-bond acceptors (Lipinski definition) is 7. The summed E-state index contributed by atoms with van der Waals surface area (Å²) >= 11 is 12.6. The number of halogens is 3. The molecule has 3 aliphatic heterocycles. The van der Waals surface area contributed by atoms with E-state index in [-0.39, 0.29) is 57.7 Å². The standard InChI is InChI=1S/C30H24Cl2FN3O5/c1-39-30(38)22-9-25(33)21(10-26(22)36-18-5-6-19(36)14-40-13-18)20-4-2-3-17-12-35(15-41-28(17)20)29(37)27-23(31)7-16(11-34)8-24(27)32/h2-4,7-10,18-19H,5-6,12-15H2,1H3. The molecule has 2 fully saturated rings. The average Bonchev–Trinajstić information content (AvgIpc) is 3.22. The second-order valence-electron chi connectivity index (χ2n) is 10.2. The number of benzene rings is 3. The van der Waals surface area contributed by atoms with Crippen LogP contribution >= 0.6 is 23.2 Å². The average molecular weight is 596 g/mol. The number of rotatable bonds is 4. The third-order valence-corrected chi connectivity index (χ3v) is 8.39. The number of amides is 1. The van der Waals surface area contributed by atoms with Gasteiger partial charge in [0.1, 0.15) is 11.6 Å². The monoisotopic (exact) mass is 595 g/mol. The van der Waals surface area contributed by atoms with Gasteiger partial charge in [-0.1, -0.05) is 41.4 Å². The fourth-order valence-corrected chi connectivity index (χ4v) is 6.54. The largest absolute Gasteiger partial charge is 0.472 e. The van der Waals surface area contributed by atoms with E-state index in [1.54, 1.807) is 24.3 Å². The SMILES string of the molecule is COC(=O)c1cc(F)c(-c2cccc3c2OCN(C(=O)c2c(Cl)cc(C#N)cc2Cl)C3)cc1N1C2CCC1COC2. The van der Waals surface area contributed by atoms with E-state index in [0.29, 0.717) is 35.8 Å². The lowest BCUT2D eigenvalue weighted by Gasteiger charge is -2.37. The van der Waals surface area contributed by atoms with Crippen LogP contribution in [0.2, 0.25) is 10.0 Å². The Morgan fingerprint density at radius 1 is 1.07 bits per heavy atom. The molecule has 0 aliphatic carbocycles. The summed E-state index contributed by atoms with van der Waals surface area (Å²) in [5.74, 6) is -1.23. The molecule has 6 rings (SSSR count). The highest BCUT2D eigenvalue weighted by Gasteiger charge is 2.40. The summed E-state index contributed by atoms with van der Waals surface area (Å²) in [6.07, 6.45) is 1.83. The van der Waals surface area contributed by atoms with E-state index in [1.807, 2.05) is 6.07 Å². The molecule has 8 nitrogen and oxygen atoms in total. The Labute approximate surface area is 245 Å². The zero-order chi connectivity index (χ0) is 28.8. The predicted molar refractivity (Wildman–Crippen MR) is 150 cm³/mol. The molecule has 2 atom stereocenters. The van der Waals surface area contributed by atoms with Gasteiger partial charge in [0.15, 0.2) is 6.73 Å². The molecule has 2 bridgehead atoms. The summed E-state index contributed by atoms with van der Waals surface area (Å²) in [4.78, 5) is 29.6. The molecule has 210 valence electrons. The number of anilines is 1. The van der Waals surface area contributed by atoms with Gasteiger partial charge in [-0.25, -0.2) is 9.18 Å². The fourth-order valence-electron chi connectivity index (χ4n) is 5.89. The van der Waals surface area contributed by atoms with Crippen molar-refractivity contribution in [3.63, 3.8) is 0 Å². The topological polar surface area (TPSA) is 92.1 Å². The Morgan fingerprint density at radius 3 is 2.44 bits per heavy atom. The molecule has 2 saturated heterocycles. The third-order valence-electron chi connectivity index (χ3n) is 7.79. The highest BCUT2D eigenvalue weighted by Crippen LogP contribution is 2.43. The van der Waals surface area contributed by atoms with Crippen molar-refractivity contribution in [1.29, 1.82) is 5.26 Å². The summed E-state index contributed by atoms with van der Waals surface area (Å²) < 4.78 is 32.5. The Morgan fingerprint density at radius 2 is 1.78 bits per heavy atom. The third kappa shape index (κ3) is 4.76. The lowest BCUT2D eigenvalue weighted by molar-refractivity contribution is 0.0515. The highest BCUT2D eigenvalue weighted by molar-refractivity contribution is 6.39. The fraction of sp³-hybridized carbons (Fsp3) is 0.300. The zero-order valence-electron chi connectivity index (χ0n) is 22.0. The van der Waals surface area contributed by atoms with E-state index in [1.165, 1.54) is 30.2 Å². The quantitative estimate of drug-likeness (QED) is 0.351. The van der Waals surface area contributed by atoms with Gasteiger partial charge in [0.05, 0.1) is 77.4 Å². The molecule has 3 aromatic carbocycles. The van der Waals surface area contributed by atoms with Gasteiger partial charge in [0, 0.05) is 16.7 Å². The van der Waals surface area contributed by atoms with Crippen molar-refractivity contribution >= 4 is 40.8 Å². The number of methoxy groups -OCH3 is 1. The van der Waals surface area contributed by atoms with Gasteiger partial charge in [-0.15, -0.1) is 0 Å². The molecular weight excluding hydrogens is 572 g/mol. The van der Waals surface area contributed by atoms with Crippen LogP contribution in [-0.4, -0.2) is 55.9 Å². The van der Waals surface area contributed by atoms with Crippen LogP contribution in [0.4, 0.5) is 10.1 Å². The molecule has 1 amide bonds. The molecular formula is C30H24Cl2FN3O5. The van der Waals surface area contributed by atoms with Crippen molar-refractivity contribution in [2.45, 2.75) is 31.5 Å². The van der Waals surface area contributed by atoms with E-state index >= 15 is 4.39 Å². The number of fused-ring (bicyclic) bond motifs is 3. The van der Waals surface area contributed by atoms with E-state index < -0.39 is 17.7 Å². The van der Waals surface area contributed by atoms with E-state index in [9.17, 15) is 9.59 Å². The maximum absolute atomic E-state index is 15.7. The number of esters is 1. The first-order valence-electron chi connectivity index (χ1n) is 13.0. The van der Waals surface area contributed by atoms with Crippen LogP contribution in [0.5, 0.6) is 5.75 Å². The zero-order valence-corrected chi connectivity index (χ0v) is 23.5. The lowest BCUT2D eigenvalue weighted by atomic mass is 9.96. The Kier molecular flexibility index (Phi) is 7.24. The molecule has 11 heteroatoms. The summed E-state index contributed by atoms with van der Waals surface area (Å²) in [5, 5.41) is 9.28. The molecule has 3 aromatic rings. The van der Waals surface area contributed by atoms with Crippen LogP contribution < -0.4 is 9.64 Å². The first kappa shape index (κ1) is 27.3. The smallest absolute Gasteiger partial charge is 0.340 e. The predicted octanol–water partition coefficient (Wildman–Crippen LogP) is 5.82. The lowest BCUT2D eigenvalue weighted by Crippen LogP contribution is -2.46. The van der Waals surface area contributed by atoms with Crippen molar-refractivity contribution in [1.82, 2.24) is 4.90 Å². The number of nitriles is 1. The van der Waals surface area contributed by atoms with Gasteiger partial charge in [0.2, 0.25) is 0 Å². The first-order valence-corrected chi connectivity index (χ1v) is 13.8. The van der Waals surface area contributed by atoms with Crippen molar-refractivity contribution in [3.8, 4) is 22.9 Å². The number of carbonyl (C=O) groups excluding carboxylic acids is 2. The van der Waals surface area contributed by atoms with E-state index in [0.717, 1.165) is 12.8 Å². The molecule has 3 aliphatic rings. The van der Waals surface area contributed by atoms with Crippen LogP contribution in [0.1, 0.15) is 44.7 Å². The molecule has 0 aromatic heterocycles. The second kappa shape index (κ2) is 10.9. The molecule has 0 N–H and O–H groups in total. The van der Waals surface area contributed by atoms with Crippen LogP contribution in [0.3, 0.4) is 0 Å².